The van der Waals surface area contributed by atoms with E-state index in [0.29, 0.717) is 11.5 Å². The predicted molar refractivity (Wildman–Crippen MR) is 85.4 cm³/mol. The third-order valence-electron chi connectivity index (χ3n) is 3.41. The number of nitrogens with zero attached hydrogens (tertiary/aromatic N) is 4. The number of anilines is 1. The smallest absolute Gasteiger partial charge is 0.267 e. The van der Waals surface area contributed by atoms with E-state index in [-0.39, 0.29) is 0 Å². The van der Waals surface area contributed by atoms with Crippen molar-refractivity contribution in [2.75, 3.05) is 5.32 Å². The van der Waals surface area contributed by atoms with Crippen molar-refractivity contribution in [3.63, 3.8) is 0 Å². The summed E-state index contributed by atoms with van der Waals surface area (Å²) in [6.07, 6.45) is 3.27. The number of carbonyl (C=O) groups excluding carboxylic acids is 1. The Labute approximate surface area is 136 Å². The van der Waals surface area contributed by atoms with Crippen LogP contribution in [0.2, 0.25) is 0 Å². The van der Waals surface area contributed by atoms with E-state index >= 15 is 0 Å². The summed E-state index contributed by atoms with van der Waals surface area (Å²) in [6.45, 7) is 1.56. The van der Waals surface area contributed by atoms with Crippen molar-refractivity contribution in [3.8, 4) is 5.82 Å². The lowest BCUT2D eigenvalue weighted by Crippen LogP contribution is -2.33. The molecule has 1 amide bonds. The van der Waals surface area contributed by atoms with E-state index in [1.54, 1.807) is 25.4 Å². The second-order valence-electron chi connectivity index (χ2n) is 5.10. The fraction of sp³-hybridized carbons (Fsp3) is 0.125. The molecule has 0 aliphatic rings. The quantitative estimate of drug-likeness (QED) is 0.792. The molecule has 3 rings (SSSR count). The topological polar surface area (TPSA) is 81.8 Å². The molecule has 1 aromatic carbocycles. The minimum Gasteiger partial charge on any atom is -0.324 e. The number of benzene rings is 1. The predicted octanol–water partition coefficient (Wildman–Crippen LogP) is 1.77. The van der Waals surface area contributed by atoms with E-state index < -0.39 is 23.3 Å². The van der Waals surface area contributed by atoms with Gasteiger partial charge in [-0.25, -0.2) is 13.8 Å². The summed E-state index contributed by atoms with van der Waals surface area (Å²) < 4.78 is 15.5. The maximum absolute atomic E-state index is 12.9. The van der Waals surface area contributed by atoms with Crippen LogP contribution in [0.25, 0.3) is 5.82 Å². The Morgan fingerprint density at radius 1 is 1.21 bits per heavy atom. The number of hydrogen-bond donors (Lipinski definition) is 1. The lowest BCUT2D eigenvalue weighted by atomic mass is 10.2. The highest BCUT2D eigenvalue weighted by molar-refractivity contribution is 5.93. The van der Waals surface area contributed by atoms with Crippen LogP contribution in [0.5, 0.6) is 0 Å². The summed E-state index contributed by atoms with van der Waals surface area (Å²) in [5.41, 5.74) is 0.0252. The van der Waals surface area contributed by atoms with Gasteiger partial charge in [-0.1, -0.05) is 0 Å². The second kappa shape index (κ2) is 6.45. The highest BCUT2D eigenvalue weighted by Crippen LogP contribution is 2.11. The Morgan fingerprint density at radius 3 is 2.62 bits per heavy atom. The van der Waals surface area contributed by atoms with Crippen molar-refractivity contribution in [2.24, 2.45) is 0 Å². The molecule has 0 bridgehead atoms. The van der Waals surface area contributed by atoms with Gasteiger partial charge in [-0.3, -0.25) is 9.59 Å². The van der Waals surface area contributed by atoms with Crippen molar-refractivity contribution in [3.05, 3.63) is 71.0 Å². The van der Waals surface area contributed by atoms with E-state index in [2.05, 4.69) is 15.5 Å². The third kappa shape index (κ3) is 3.22. The van der Waals surface area contributed by atoms with Gasteiger partial charge in [0.15, 0.2) is 5.82 Å². The van der Waals surface area contributed by atoms with Gasteiger partial charge in [0.2, 0.25) is 5.91 Å². The van der Waals surface area contributed by atoms with E-state index in [1.165, 1.54) is 41.1 Å². The molecule has 0 aliphatic heterocycles. The van der Waals surface area contributed by atoms with Crippen LogP contribution in [0.3, 0.4) is 0 Å². The highest BCUT2D eigenvalue weighted by Gasteiger charge is 2.18. The Kier molecular flexibility index (Phi) is 4.19. The largest absolute Gasteiger partial charge is 0.324 e. The molecule has 1 atom stereocenters. The fourth-order valence-corrected chi connectivity index (χ4v) is 2.11. The maximum atomic E-state index is 12.9. The van der Waals surface area contributed by atoms with Gasteiger partial charge in [0, 0.05) is 24.1 Å². The Morgan fingerprint density at radius 2 is 1.96 bits per heavy atom. The Hall–Kier alpha value is -3.29. The molecule has 0 aliphatic carbocycles. The number of halogens is 1. The summed E-state index contributed by atoms with van der Waals surface area (Å²) in [4.78, 5) is 24.3. The van der Waals surface area contributed by atoms with Crippen LogP contribution in [0.1, 0.15) is 13.0 Å². The molecule has 122 valence electrons. The van der Waals surface area contributed by atoms with Gasteiger partial charge in [0.05, 0.1) is 0 Å². The SMILES string of the molecule is CC(C(=O)Nc1ccc(F)cc1)n1nc(-n2cccn2)ccc1=O. The van der Waals surface area contributed by atoms with Gasteiger partial charge in [0.1, 0.15) is 11.9 Å². The summed E-state index contributed by atoms with van der Waals surface area (Å²) >= 11 is 0. The van der Waals surface area contributed by atoms with Crippen LogP contribution in [-0.2, 0) is 4.79 Å². The zero-order valence-corrected chi connectivity index (χ0v) is 12.8. The Bertz CT molecular complexity index is 903. The molecular weight excluding hydrogens is 313 g/mol. The number of nitrogens with one attached hydrogen (secondary N) is 1. The van der Waals surface area contributed by atoms with Gasteiger partial charge in [-0.15, -0.1) is 5.10 Å². The van der Waals surface area contributed by atoms with Crippen molar-refractivity contribution in [2.45, 2.75) is 13.0 Å². The van der Waals surface area contributed by atoms with Crippen molar-refractivity contribution in [1.82, 2.24) is 19.6 Å². The monoisotopic (exact) mass is 327 g/mol. The average Bonchev–Trinajstić information content (AvgIpc) is 3.11. The van der Waals surface area contributed by atoms with Gasteiger partial charge in [-0.05, 0) is 43.3 Å². The van der Waals surface area contributed by atoms with E-state index in [0.717, 1.165) is 4.68 Å². The average molecular weight is 327 g/mol. The van der Waals surface area contributed by atoms with Crippen LogP contribution in [0, 0.1) is 5.82 Å². The van der Waals surface area contributed by atoms with Crippen molar-refractivity contribution < 1.29 is 9.18 Å². The van der Waals surface area contributed by atoms with Crippen LogP contribution in [0.15, 0.2) is 59.7 Å². The Balaban J connectivity index is 1.84. The fourth-order valence-electron chi connectivity index (χ4n) is 2.11. The number of amides is 1. The molecule has 7 nitrogen and oxygen atoms in total. The normalized spacial score (nSPS) is 11.9. The van der Waals surface area contributed by atoms with Crippen LogP contribution < -0.4 is 10.9 Å². The molecule has 2 heterocycles. The summed E-state index contributed by atoms with van der Waals surface area (Å²) in [5.74, 6) is -0.416. The zero-order chi connectivity index (χ0) is 17.1. The molecule has 0 saturated carbocycles. The first-order valence-corrected chi connectivity index (χ1v) is 7.21. The molecule has 3 aromatic rings. The minimum atomic E-state index is -0.849. The van der Waals surface area contributed by atoms with Crippen LogP contribution >= 0.6 is 0 Å². The molecule has 2 aromatic heterocycles. The standard InChI is InChI=1S/C16H14FN5O2/c1-11(16(24)19-13-5-3-12(17)4-6-13)22-15(23)8-7-14(20-22)21-10-2-9-18-21/h2-11H,1H3,(H,19,24). The van der Waals surface area contributed by atoms with E-state index in [1.807, 2.05) is 0 Å². The summed E-state index contributed by atoms with van der Waals surface area (Å²) in [7, 11) is 0. The lowest BCUT2D eigenvalue weighted by molar-refractivity contribution is -0.119. The summed E-state index contributed by atoms with van der Waals surface area (Å²) in [5, 5.41) is 10.8. The molecule has 1 unspecified atom stereocenters. The maximum Gasteiger partial charge on any atom is 0.267 e. The van der Waals surface area contributed by atoms with E-state index in [4.69, 9.17) is 0 Å². The van der Waals surface area contributed by atoms with Crippen molar-refractivity contribution >= 4 is 11.6 Å². The molecule has 0 spiro atoms. The number of hydrogen-bond acceptors (Lipinski definition) is 4. The minimum absolute atomic E-state index is 0.397. The molecule has 0 fully saturated rings. The zero-order valence-electron chi connectivity index (χ0n) is 12.8. The van der Waals surface area contributed by atoms with Crippen molar-refractivity contribution in [1.29, 1.82) is 0 Å². The molecule has 0 radical (unpaired) electrons. The molecule has 1 N–H and O–H groups in total. The third-order valence-corrected chi connectivity index (χ3v) is 3.41. The number of carbonyl (C=O) groups is 1. The molecule has 0 saturated heterocycles. The van der Waals surface area contributed by atoms with Gasteiger partial charge < -0.3 is 5.32 Å². The lowest BCUT2D eigenvalue weighted by Gasteiger charge is -2.15. The molecular formula is C16H14FN5O2. The van der Waals surface area contributed by atoms with Crippen LogP contribution in [0.4, 0.5) is 10.1 Å². The molecule has 8 heteroatoms. The van der Waals surface area contributed by atoms with Crippen LogP contribution in [-0.4, -0.2) is 25.5 Å². The first-order valence-electron chi connectivity index (χ1n) is 7.21. The first-order chi connectivity index (χ1) is 11.5. The van der Waals surface area contributed by atoms with E-state index in [9.17, 15) is 14.0 Å². The number of rotatable bonds is 4. The van der Waals surface area contributed by atoms with Gasteiger partial charge in [-0.2, -0.15) is 5.10 Å². The van der Waals surface area contributed by atoms with Gasteiger partial charge >= 0.3 is 0 Å². The molecule has 24 heavy (non-hydrogen) atoms. The second-order valence-corrected chi connectivity index (χ2v) is 5.10. The van der Waals surface area contributed by atoms with Gasteiger partial charge in [0.25, 0.3) is 5.56 Å². The highest BCUT2D eigenvalue weighted by atomic mass is 19.1. The summed E-state index contributed by atoms with van der Waals surface area (Å²) in [6, 6.07) is 9.08. The number of aromatic nitrogens is 4. The first kappa shape index (κ1) is 15.6.